The fourth-order valence-electron chi connectivity index (χ4n) is 1.78. The summed E-state index contributed by atoms with van der Waals surface area (Å²) in [5.74, 6) is 0.459. The zero-order valence-corrected chi connectivity index (χ0v) is 11.9. The Bertz CT molecular complexity index is 768. The van der Waals surface area contributed by atoms with Crippen molar-refractivity contribution in [2.45, 2.75) is 13.5 Å². The average molecular weight is 295 g/mol. The van der Waals surface area contributed by atoms with E-state index in [1.165, 1.54) is 0 Å². The molecule has 0 saturated carbocycles. The van der Waals surface area contributed by atoms with E-state index in [0.29, 0.717) is 17.1 Å². The molecule has 0 spiro atoms. The van der Waals surface area contributed by atoms with Crippen molar-refractivity contribution in [3.63, 3.8) is 0 Å². The minimum absolute atomic E-state index is 0.177. The van der Waals surface area contributed by atoms with E-state index in [2.05, 4.69) is 25.4 Å². The summed E-state index contributed by atoms with van der Waals surface area (Å²) in [6.45, 7) is 2.02. The van der Waals surface area contributed by atoms with Gasteiger partial charge in [-0.3, -0.25) is 9.78 Å². The van der Waals surface area contributed by atoms with Gasteiger partial charge < -0.3 is 9.84 Å². The molecular formula is C15H13N5O2. The van der Waals surface area contributed by atoms with Gasteiger partial charge in [0.05, 0.1) is 18.4 Å². The maximum absolute atomic E-state index is 11.9. The summed E-state index contributed by atoms with van der Waals surface area (Å²) in [6, 6.07) is 8.93. The van der Waals surface area contributed by atoms with Gasteiger partial charge in [-0.15, -0.1) is 0 Å². The van der Waals surface area contributed by atoms with E-state index in [1.54, 1.807) is 36.7 Å². The molecule has 0 bridgehead atoms. The van der Waals surface area contributed by atoms with Crippen LogP contribution in [0.25, 0.3) is 11.6 Å². The Hall–Kier alpha value is -3.09. The number of nitrogens with zero attached hydrogens (tertiary/aromatic N) is 4. The van der Waals surface area contributed by atoms with Gasteiger partial charge in [0.1, 0.15) is 5.69 Å². The number of hydrogen-bond donors (Lipinski definition) is 1. The van der Waals surface area contributed by atoms with Crippen molar-refractivity contribution >= 4 is 5.91 Å². The molecule has 0 unspecified atom stereocenters. The van der Waals surface area contributed by atoms with E-state index in [1.807, 2.05) is 13.0 Å². The van der Waals surface area contributed by atoms with Crippen molar-refractivity contribution in [1.82, 2.24) is 25.4 Å². The monoisotopic (exact) mass is 295 g/mol. The molecule has 3 aromatic rings. The summed E-state index contributed by atoms with van der Waals surface area (Å²) < 4.78 is 5.11. The lowest BCUT2D eigenvalue weighted by molar-refractivity contribution is 0.0949. The molecule has 2 aromatic heterocycles. The first-order valence-electron chi connectivity index (χ1n) is 6.67. The summed E-state index contributed by atoms with van der Waals surface area (Å²) in [4.78, 5) is 24.4. The topological polar surface area (TPSA) is 93.8 Å². The molecule has 3 rings (SSSR count). The lowest BCUT2D eigenvalue weighted by Gasteiger charge is -2.01. The number of benzene rings is 1. The Kier molecular flexibility index (Phi) is 3.86. The van der Waals surface area contributed by atoms with Crippen molar-refractivity contribution in [2.75, 3.05) is 0 Å². The highest BCUT2D eigenvalue weighted by atomic mass is 16.5. The number of aromatic nitrogens is 4. The molecule has 7 heteroatoms. The predicted octanol–water partition coefficient (Wildman–Crippen LogP) is 1.77. The first-order valence-corrected chi connectivity index (χ1v) is 6.67. The van der Waals surface area contributed by atoms with E-state index < -0.39 is 0 Å². The largest absolute Gasteiger partial charge is 0.345 e. The van der Waals surface area contributed by atoms with Crippen LogP contribution in [0.4, 0.5) is 0 Å². The van der Waals surface area contributed by atoms with Crippen LogP contribution in [0.2, 0.25) is 0 Å². The maximum Gasteiger partial charge on any atom is 0.278 e. The minimum atomic E-state index is -0.193. The van der Waals surface area contributed by atoms with Gasteiger partial charge in [0.25, 0.3) is 11.8 Å². The number of nitrogens with one attached hydrogen (secondary N) is 1. The van der Waals surface area contributed by atoms with Gasteiger partial charge in [-0.2, -0.15) is 4.98 Å². The number of aryl methyl sites for hydroxylation is 1. The van der Waals surface area contributed by atoms with Crippen molar-refractivity contribution in [3.8, 4) is 11.6 Å². The Labute approximate surface area is 126 Å². The van der Waals surface area contributed by atoms with Gasteiger partial charge in [-0.1, -0.05) is 23.4 Å². The molecule has 0 radical (unpaired) electrons. The minimum Gasteiger partial charge on any atom is -0.345 e. The Balaban J connectivity index is 1.65. The van der Waals surface area contributed by atoms with Crippen molar-refractivity contribution in [2.24, 2.45) is 0 Å². The second kappa shape index (κ2) is 6.13. The molecule has 0 aliphatic heterocycles. The first-order chi connectivity index (χ1) is 10.7. The summed E-state index contributed by atoms with van der Waals surface area (Å²) in [6.07, 6.45) is 3.19. The van der Waals surface area contributed by atoms with Crippen LogP contribution in [0.1, 0.15) is 21.9 Å². The molecular weight excluding hydrogens is 282 g/mol. The second-order valence-corrected chi connectivity index (χ2v) is 4.61. The highest BCUT2D eigenvalue weighted by Crippen LogP contribution is 2.12. The van der Waals surface area contributed by atoms with Crippen LogP contribution < -0.4 is 5.32 Å². The fourth-order valence-corrected chi connectivity index (χ4v) is 1.78. The van der Waals surface area contributed by atoms with Crippen LogP contribution in [0.5, 0.6) is 0 Å². The molecule has 0 aliphatic rings. The molecule has 1 aromatic carbocycles. The zero-order valence-electron chi connectivity index (χ0n) is 11.9. The van der Waals surface area contributed by atoms with Gasteiger partial charge >= 0.3 is 0 Å². The van der Waals surface area contributed by atoms with Gasteiger partial charge in [-0.05, 0) is 19.1 Å². The molecule has 2 heterocycles. The van der Waals surface area contributed by atoms with E-state index >= 15 is 0 Å². The lowest BCUT2D eigenvalue weighted by Crippen LogP contribution is -2.23. The van der Waals surface area contributed by atoms with Gasteiger partial charge in [0.15, 0.2) is 5.82 Å². The van der Waals surface area contributed by atoms with Crippen molar-refractivity contribution in [1.29, 1.82) is 0 Å². The van der Waals surface area contributed by atoms with E-state index in [9.17, 15) is 4.79 Å². The molecule has 22 heavy (non-hydrogen) atoms. The predicted molar refractivity (Wildman–Crippen MR) is 77.7 cm³/mol. The molecule has 1 N–H and O–H groups in total. The normalized spacial score (nSPS) is 10.4. The quantitative estimate of drug-likeness (QED) is 0.788. The smallest absolute Gasteiger partial charge is 0.278 e. The van der Waals surface area contributed by atoms with Crippen LogP contribution in [0.3, 0.4) is 0 Å². The highest BCUT2D eigenvalue weighted by molar-refractivity contribution is 5.93. The average Bonchev–Trinajstić information content (AvgIpc) is 3.03. The molecule has 7 nitrogen and oxygen atoms in total. The van der Waals surface area contributed by atoms with Crippen LogP contribution in [-0.4, -0.2) is 26.0 Å². The Morgan fingerprint density at radius 1 is 1.18 bits per heavy atom. The number of carbonyl (C=O) groups excluding carboxylic acids is 1. The first kappa shape index (κ1) is 13.9. The summed E-state index contributed by atoms with van der Waals surface area (Å²) >= 11 is 0. The Morgan fingerprint density at radius 3 is 2.73 bits per heavy atom. The van der Waals surface area contributed by atoms with Gasteiger partial charge in [0, 0.05) is 11.8 Å². The lowest BCUT2D eigenvalue weighted by atomic mass is 10.2. The number of rotatable bonds is 4. The second-order valence-electron chi connectivity index (χ2n) is 4.61. The molecule has 0 atom stereocenters. The molecule has 0 fully saturated rings. The van der Waals surface area contributed by atoms with Crippen LogP contribution in [0.15, 0.2) is 47.2 Å². The van der Waals surface area contributed by atoms with Crippen LogP contribution in [0, 0.1) is 6.92 Å². The molecule has 0 saturated heterocycles. The molecule has 0 aliphatic carbocycles. The number of amides is 1. The van der Waals surface area contributed by atoms with Crippen molar-refractivity contribution < 1.29 is 9.32 Å². The van der Waals surface area contributed by atoms with E-state index in [0.717, 1.165) is 5.69 Å². The third-order valence-corrected chi connectivity index (χ3v) is 2.91. The fraction of sp³-hybridized carbons (Fsp3) is 0.133. The number of carbonyl (C=O) groups is 1. The third kappa shape index (κ3) is 3.14. The SMILES string of the molecule is Cc1cnc(-c2nc(CNC(=O)c3ccccc3)no2)cn1. The molecule has 110 valence electrons. The molecule has 1 amide bonds. The highest BCUT2D eigenvalue weighted by Gasteiger charge is 2.11. The summed E-state index contributed by atoms with van der Waals surface area (Å²) in [5.41, 5.74) is 1.88. The Morgan fingerprint density at radius 2 is 2.00 bits per heavy atom. The van der Waals surface area contributed by atoms with Gasteiger partial charge in [0.2, 0.25) is 0 Å². The van der Waals surface area contributed by atoms with Gasteiger partial charge in [-0.25, -0.2) is 4.98 Å². The van der Waals surface area contributed by atoms with Crippen LogP contribution >= 0.6 is 0 Å². The summed E-state index contributed by atoms with van der Waals surface area (Å²) in [7, 11) is 0. The zero-order chi connectivity index (χ0) is 15.4. The maximum atomic E-state index is 11.9. The standard InChI is InChI=1S/C15H13N5O2/c1-10-7-17-12(8-16-10)15-19-13(20-22-15)9-18-14(21)11-5-3-2-4-6-11/h2-8H,9H2,1H3,(H,18,21). The number of hydrogen-bond acceptors (Lipinski definition) is 6. The van der Waals surface area contributed by atoms with Crippen LogP contribution in [-0.2, 0) is 6.54 Å². The third-order valence-electron chi connectivity index (χ3n) is 2.91. The van der Waals surface area contributed by atoms with E-state index in [-0.39, 0.29) is 18.3 Å². The summed E-state index contributed by atoms with van der Waals surface area (Å²) in [5, 5.41) is 6.54. The van der Waals surface area contributed by atoms with Crippen molar-refractivity contribution in [3.05, 3.63) is 59.8 Å². The van der Waals surface area contributed by atoms with E-state index in [4.69, 9.17) is 4.52 Å².